The zero-order valence-electron chi connectivity index (χ0n) is 11.5. The van der Waals surface area contributed by atoms with Gasteiger partial charge in [-0.15, -0.1) is 0 Å². The number of amides is 3. The summed E-state index contributed by atoms with van der Waals surface area (Å²) in [6.45, 7) is 2.76. The van der Waals surface area contributed by atoms with E-state index in [1.54, 1.807) is 6.92 Å². The van der Waals surface area contributed by atoms with Crippen LogP contribution in [0.5, 0.6) is 0 Å². The van der Waals surface area contributed by atoms with Gasteiger partial charge in [-0.2, -0.15) is 5.26 Å². The molecule has 2 atom stereocenters. The molecule has 1 fully saturated rings. The van der Waals surface area contributed by atoms with Crippen molar-refractivity contribution in [2.45, 2.75) is 19.4 Å². The number of nitrogens with one attached hydrogen (secondary N) is 1. The van der Waals surface area contributed by atoms with Crippen LogP contribution in [0, 0.1) is 28.9 Å². The van der Waals surface area contributed by atoms with Crippen molar-refractivity contribution in [3.05, 3.63) is 35.4 Å². The highest BCUT2D eigenvalue weighted by atomic mass is 19.1. The van der Waals surface area contributed by atoms with Gasteiger partial charge in [-0.3, -0.25) is 9.69 Å². The second-order valence-corrected chi connectivity index (χ2v) is 5.13. The van der Waals surface area contributed by atoms with Crippen molar-refractivity contribution in [2.75, 3.05) is 6.54 Å². The first kappa shape index (κ1) is 14.9. The molecule has 0 saturated carbocycles. The first-order valence-corrected chi connectivity index (χ1v) is 6.29. The van der Waals surface area contributed by atoms with Gasteiger partial charge in [0, 0.05) is 12.1 Å². The van der Waals surface area contributed by atoms with E-state index in [1.807, 2.05) is 6.07 Å². The minimum atomic E-state index is -1.68. The standard InChI is InChI=1S/C14H13F2N3O2/c1-8(6-17)7-19-12(20)14(2,18-13(19)21)10-5-9(15)3-4-11(10)16/h3-5,8H,7H2,1-2H3,(H,18,21)/t8-,14-/m1/s1. The molecule has 7 heteroatoms. The highest BCUT2D eigenvalue weighted by molar-refractivity contribution is 6.07. The van der Waals surface area contributed by atoms with Gasteiger partial charge in [-0.05, 0) is 32.0 Å². The van der Waals surface area contributed by atoms with E-state index in [-0.39, 0.29) is 12.1 Å². The normalized spacial score (nSPS) is 22.9. The number of rotatable bonds is 3. The van der Waals surface area contributed by atoms with Gasteiger partial charge < -0.3 is 5.32 Å². The largest absolute Gasteiger partial charge is 0.325 e. The maximum absolute atomic E-state index is 13.9. The summed E-state index contributed by atoms with van der Waals surface area (Å²) in [6.07, 6.45) is 0. The number of imide groups is 1. The van der Waals surface area contributed by atoms with Crippen LogP contribution in [0.25, 0.3) is 0 Å². The van der Waals surface area contributed by atoms with E-state index >= 15 is 0 Å². The van der Waals surface area contributed by atoms with E-state index in [0.717, 1.165) is 23.1 Å². The molecule has 2 rings (SSSR count). The molecule has 0 unspecified atom stereocenters. The Bertz CT molecular complexity index is 656. The lowest BCUT2D eigenvalue weighted by molar-refractivity contribution is -0.131. The van der Waals surface area contributed by atoms with E-state index in [2.05, 4.69) is 5.32 Å². The Morgan fingerprint density at radius 3 is 2.71 bits per heavy atom. The number of carbonyl (C=O) groups excluding carboxylic acids is 2. The summed E-state index contributed by atoms with van der Waals surface area (Å²) in [4.78, 5) is 25.1. The molecule has 1 N–H and O–H groups in total. The van der Waals surface area contributed by atoms with Gasteiger partial charge in [0.1, 0.15) is 17.2 Å². The molecular weight excluding hydrogens is 280 g/mol. The topological polar surface area (TPSA) is 73.2 Å². The van der Waals surface area contributed by atoms with Crippen LogP contribution >= 0.6 is 0 Å². The number of benzene rings is 1. The third-order valence-electron chi connectivity index (χ3n) is 3.42. The van der Waals surface area contributed by atoms with Crippen molar-refractivity contribution in [3.8, 4) is 6.07 Å². The van der Waals surface area contributed by atoms with Gasteiger partial charge in [0.2, 0.25) is 0 Å². The van der Waals surface area contributed by atoms with Crippen molar-refractivity contribution in [3.63, 3.8) is 0 Å². The molecule has 3 amide bonds. The predicted octanol–water partition coefficient (Wildman–Crippen LogP) is 1.89. The van der Waals surface area contributed by atoms with Crippen LogP contribution in [-0.4, -0.2) is 23.4 Å². The van der Waals surface area contributed by atoms with E-state index < -0.39 is 35.0 Å². The summed E-state index contributed by atoms with van der Waals surface area (Å²) in [5, 5.41) is 11.1. The van der Waals surface area contributed by atoms with Crippen molar-refractivity contribution < 1.29 is 18.4 Å². The third kappa shape index (κ3) is 2.44. The Morgan fingerprint density at radius 1 is 1.43 bits per heavy atom. The first-order valence-electron chi connectivity index (χ1n) is 6.29. The zero-order valence-corrected chi connectivity index (χ0v) is 11.5. The molecule has 21 heavy (non-hydrogen) atoms. The summed E-state index contributed by atoms with van der Waals surface area (Å²) >= 11 is 0. The molecule has 0 aromatic heterocycles. The van der Waals surface area contributed by atoms with Crippen molar-refractivity contribution >= 4 is 11.9 Å². The van der Waals surface area contributed by atoms with Gasteiger partial charge in [0.15, 0.2) is 0 Å². The second kappa shape index (κ2) is 5.13. The van der Waals surface area contributed by atoms with Gasteiger partial charge >= 0.3 is 6.03 Å². The predicted molar refractivity (Wildman–Crippen MR) is 68.7 cm³/mol. The van der Waals surface area contributed by atoms with E-state index in [1.165, 1.54) is 6.92 Å². The van der Waals surface area contributed by atoms with Crippen LogP contribution in [0.1, 0.15) is 19.4 Å². The average molecular weight is 293 g/mol. The molecular formula is C14H13F2N3O2. The van der Waals surface area contributed by atoms with Gasteiger partial charge in [0.05, 0.1) is 12.0 Å². The highest BCUT2D eigenvalue weighted by Crippen LogP contribution is 2.31. The molecule has 5 nitrogen and oxygen atoms in total. The number of urea groups is 1. The quantitative estimate of drug-likeness (QED) is 0.865. The molecule has 110 valence electrons. The Labute approximate surface area is 120 Å². The number of nitrogens with zero attached hydrogens (tertiary/aromatic N) is 2. The van der Waals surface area contributed by atoms with E-state index in [4.69, 9.17) is 5.26 Å². The molecule has 1 aromatic carbocycles. The van der Waals surface area contributed by atoms with E-state index in [0.29, 0.717) is 0 Å². The molecule has 0 bridgehead atoms. The molecule has 0 radical (unpaired) electrons. The molecule has 1 aliphatic heterocycles. The Balaban J connectivity index is 2.41. The zero-order chi connectivity index (χ0) is 15.8. The first-order chi connectivity index (χ1) is 9.79. The van der Waals surface area contributed by atoms with Gasteiger partial charge in [0.25, 0.3) is 5.91 Å². The van der Waals surface area contributed by atoms with E-state index in [9.17, 15) is 18.4 Å². The second-order valence-electron chi connectivity index (χ2n) is 5.13. The van der Waals surface area contributed by atoms with Crippen LogP contribution in [0.3, 0.4) is 0 Å². The molecule has 1 aromatic rings. The Hall–Kier alpha value is -2.49. The molecule has 1 aliphatic rings. The molecule has 1 heterocycles. The van der Waals surface area contributed by atoms with Crippen LogP contribution < -0.4 is 5.32 Å². The van der Waals surface area contributed by atoms with Crippen LogP contribution in [0.4, 0.5) is 13.6 Å². The fourth-order valence-electron chi connectivity index (χ4n) is 2.24. The number of hydrogen-bond donors (Lipinski definition) is 1. The molecule has 1 saturated heterocycles. The number of hydrogen-bond acceptors (Lipinski definition) is 3. The maximum atomic E-state index is 13.9. The summed E-state index contributed by atoms with van der Waals surface area (Å²) in [7, 11) is 0. The maximum Gasteiger partial charge on any atom is 0.325 e. The fourth-order valence-corrected chi connectivity index (χ4v) is 2.24. The fraction of sp³-hybridized carbons (Fsp3) is 0.357. The summed E-state index contributed by atoms with van der Waals surface area (Å²) in [5.74, 6) is -2.76. The van der Waals surface area contributed by atoms with Crippen LogP contribution in [0.15, 0.2) is 18.2 Å². The highest BCUT2D eigenvalue weighted by Gasteiger charge is 2.50. The Kier molecular flexibility index (Phi) is 3.64. The van der Waals surface area contributed by atoms with Crippen molar-refractivity contribution in [2.24, 2.45) is 5.92 Å². The minimum absolute atomic E-state index is 0.103. The number of carbonyl (C=O) groups is 2. The summed E-state index contributed by atoms with van der Waals surface area (Å²) < 4.78 is 27.2. The van der Waals surface area contributed by atoms with Gasteiger partial charge in [-0.25, -0.2) is 13.6 Å². The number of nitriles is 1. The lowest BCUT2D eigenvalue weighted by atomic mass is 9.91. The minimum Gasteiger partial charge on any atom is -0.319 e. The summed E-state index contributed by atoms with van der Waals surface area (Å²) in [6, 6.07) is 3.89. The van der Waals surface area contributed by atoms with Gasteiger partial charge in [-0.1, -0.05) is 0 Å². The summed E-state index contributed by atoms with van der Waals surface area (Å²) in [5.41, 5.74) is -1.92. The Morgan fingerprint density at radius 2 is 2.10 bits per heavy atom. The number of halogens is 2. The lowest BCUT2D eigenvalue weighted by Gasteiger charge is -2.23. The van der Waals surface area contributed by atoms with Crippen molar-refractivity contribution in [1.29, 1.82) is 5.26 Å². The van der Waals surface area contributed by atoms with Crippen LogP contribution in [0.2, 0.25) is 0 Å². The smallest absolute Gasteiger partial charge is 0.319 e. The molecule has 0 aliphatic carbocycles. The van der Waals surface area contributed by atoms with Crippen molar-refractivity contribution in [1.82, 2.24) is 10.2 Å². The average Bonchev–Trinajstić information content (AvgIpc) is 2.65. The SMILES string of the molecule is C[C@H](C#N)CN1C(=O)N[C@](C)(c2cc(F)ccc2F)C1=O. The monoisotopic (exact) mass is 293 g/mol. The third-order valence-corrected chi connectivity index (χ3v) is 3.42. The lowest BCUT2D eigenvalue weighted by Crippen LogP contribution is -2.42. The van der Waals surface area contributed by atoms with Crippen LogP contribution in [-0.2, 0) is 10.3 Å². The molecule has 0 spiro atoms.